The molecule has 0 N–H and O–H groups in total. The first-order valence-electron chi connectivity index (χ1n) is 9.53. The molecule has 0 saturated heterocycles. The molecule has 5 aromatic rings. The van der Waals surface area contributed by atoms with Crippen molar-refractivity contribution in [3.05, 3.63) is 63.0 Å². The van der Waals surface area contributed by atoms with E-state index >= 15 is 0 Å². The first kappa shape index (κ1) is 17.7. The van der Waals surface area contributed by atoms with Crippen molar-refractivity contribution in [2.75, 3.05) is 6.54 Å². The molecule has 6 rings (SSSR count). The van der Waals surface area contributed by atoms with E-state index in [2.05, 4.69) is 21.2 Å². The number of allylic oxidation sites excluding steroid dienone is 1. The fraction of sp³-hybridized carbons (Fsp3) is 0.190. The molecule has 0 unspecified atom stereocenters. The van der Waals surface area contributed by atoms with E-state index in [0.717, 1.165) is 55.2 Å². The van der Waals surface area contributed by atoms with Gasteiger partial charge in [0.2, 0.25) is 0 Å². The summed E-state index contributed by atoms with van der Waals surface area (Å²) in [5, 5.41) is 6.32. The molecule has 0 spiro atoms. The normalized spacial score (nSPS) is 13.8. The van der Waals surface area contributed by atoms with Gasteiger partial charge in [0.05, 0.1) is 39.7 Å². The van der Waals surface area contributed by atoms with Crippen LogP contribution in [0.1, 0.15) is 10.6 Å². The molecular weight excluding hydrogens is 416 g/mol. The minimum Gasteiger partial charge on any atom is -0.323 e. The highest BCUT2D eigenvalue weighted by Crippen LogP contribution is 2.31. The second-order valence-corrected chi connectivity index (χ2v) is 9.22. The molecular formula is C21H16N6OS2. The van der Waals surface area contributed by atoms with Crippen LogP contribution in [-0.2, 0) is 20.0 Å². The third kappa shape index (κ3) is 2.73. The number of aryl methyl sites for hydroxylation is 1. The second-order valence-electron chi connectivity index (χ2n) is 7.25. The van der Waals surface area contributed by atoms with Gasteiger partial charge in [0, 0.05) is 24.6 Å². The van der Waals surface area contributed by atoms with Gasteiger partial charge in [0.25, 0.3) is 5.56 Å². The summed E-state index contributed by atoms with van der Waals surface area (Å²) >= 11 is 3.22. The maximum atomic E-state index is 13.2. The Hall–Kier alpha value is -3.17. The highest BCUT2D eigenvalue weighted by molar-refractivity contribution is 7.19. The van der Waals surface area contributed by atoms with Crippen molar-refractivity contribution < 1.29 is 0 Å². The van der Waals surface area contributed by atoms with Gasteiger partial charge in [-0.25, -0.2) is 14.6 Å². The molecule has 4 aromatic heterocycles. The van der Waals surface area contributed by atoms with E-state index in [0.29, 0.717) is 12.1 Å². The maximum absolute atomic E-state index is 13.2. The molecule has 0 bridgehead atoms. The van der Waals surface area contributed by atoms with Gasteiger partial charge in [-0.2, -0.15) is 5.10 Å². The van der Waals surface area contributed by atoms with Crippen molar-refractivity contribution in [2.45, 2.75) is 13.0 Å². The van der Waals surface area contributed by atoms with E-state index in [9.17, 15) is 4.79 Å². The van der Waals surface area contributed by atoms with Gasteiger partial charge in [-0.3, -0.25) is 9.79 Å². The molecule has 0 atom stereocenters. The fourth-order valence-electron chi connectivity index (χ4n) is 3.88. The number of thiazole rings is 2. The molecule has 1 aromatic carbocycles. The number of aromatic nitrogens is 5. The van der Waals surface area contributed by atoms with Crippen molar-refractivity contribution in [3.63, 3.8) is 0 Å². The molecule has 148 valence electrons. The summed E-state index contributed by atoms with van der Waals surface area (Å²) in [7, 11) is 1.90. The first-order chi connectivity index (χ1) is 14.7. The monoisotopic (exact) mass is 432 g/mol. The Morgan fingerprint density at radius 3 is 3.07 bits per heavy atom. The van der Waals surface area contributed by atoms with Crippen LogP contribution in [0.3, 0.4) is 0 Å². The predicted molar refractivity (Wildman–Crippen MR) is 122 cm³/mol. The summed E-state index contributed by atoms with van der Waals surface area (Å²) in [5.41, 5.74) is 6.19. The lowest BCUT2D eigenvalue weighted by atomic mass is 10.2. The minimum atomic E-state index is -0.108. The lowest BCUT2D eigenvalue weighted by molar-refractivity contribution is 0.644. The number of hydrogen-bond acceptors (Lipinski definition) is 7. The van der Waals surface area contributed by atoms with Crippen LogP contribution in [-0.4, -0.2) is 36.6 Å². The van der Waals surface area contributed by atoms with E-state index in [4.69, 9.17) is 4.98 Å². The number of fused-ring (bicyclic) bond motifs is 4. The molecule has 30 heavy (non-hydrogen) atoms. The van der Waals surface area contributed by atoms with Crippen LogP contribution in [0, 0.1) is 0 Å². The van der Waals surface area contributed by atoms with E-state index in [1.165, 1.54) is 4.68 Å². The van der Waals surface area contributed by atoms with Crippen LogP contribution in [0.5, 0.6) is 0 Å². The van der Waals surface area contributed by atoms with Crippen molar-refractivity contribution in [1.82, 2.24) is 24.3 Å². The van der Waals surface area contributed by atoms with Crippen LogP contribution < -0.4 is 5.56 Å². The smallest absolute Gasteiger partial charge is 0.291 e. The molecule has 1 aliphatic heterocycles. The van der Waals surface area contributed by atoms with Crippen molar-refractivity contribution >= 4 is 59.9 Å². The highest BCUT2D eigenvalue weighted by Gasteiger charge is 2.19. The number of aliphatic imine (C=N–C) groups is 1. The number of rotatable bonds is 4. The predicted octanol–water partition coefficient (Wildman–Crippen LogP) is 3.56. The second kappa shape index (κ2) is 6.68. The highest BCUT2D eigenvalue weighted by atomic mass is 32.1. The minimum absolute atomic E-state index is 0.108. The van der Waals surface area contributed by atoms with Gasteiger partial charge in [-0.1, -0.05) is 12.1 Å². The largest absolute Gasteiger partial charge is 0.323 e. The molecule has 0 saturated carbocycles. The summed E-state index contributed by atoms with van der Waals surface area (Å²) in [6.45, 7) is 1.16. The average Bonchev–Trinajstić information content (AvgIpc) is 3.51. The molecule has 9 heteroatoms. The van der Waals surface area contributed by atoms with Gasteiger partial charge in [-0.15, -0.1) is 22.7 Å². The SMILES string of the molecule is Cn1c2nc(CC3=NCC=C3)sc2c2cnn(Cc3ccc4scnc4c3)c(=O)c21. The third-order valence-electron chi connectivity index (χ3n) is 5.34. The lowest BCUT2D eigenvalue weighted by Gasteiger charge is -2.06. The summed E-state index contributed by atoms with van der Waals surface area (Å²) in [5.74, 6) is 0. The molecule has 0 fully saturated rings. The van der Waals surface area contributed by atoms with Gasteiger partial charge in [0.1, 0.15) is 10.5 Å². The maximum Gasteiger partial charge on any atom is 0.291 e. The van der Waals surface area contributed by atoms with Gasteiger partial charge < -0.3 is 4.57 Å². The van der Waals surface area contributed by atoms with Crippen molar-refractivity contribution in [3.8, 4) is 0 Å². The first-order valence-corrected chi connectivity index (χ1v) is 11.2. The Morgan fingerprint density at radius 2 is 2.20 bits per heavy atom. The topological polar surface area (TPSA) is 78.0 Å². The van der Waals surface area contributed by atoms with Crippen molar-refractivity contribution in [2.24, 2.45) is 12.0 Å². The molecule has 1 aliphatic rings. The van der Waals surface area contributed by atoms with Gasteiger partial charge in [-0.05, 0) is 23.8 Å². The van der Waals surface area contributed by atoms with Crippen LogP contribution in [0.2, 0.25) is 0 Å². The molecule has 0 amide bonds. The van der Waals surface area contributed by atoms with E-state index in [1.54, 1.807) is 28.9 Å². The quantitative estimate of drug-likeness (QED) is 0.435. The van der Waals surface area contributed by atoms with E-state index in [1.807, 2.05) is 41.4 Å². The van der Waals surface area contributed by atoms with Crippen LogP contribution in [0.15, 0.2) is 51.8 Å². The number of nitrogens with zero attached hydrogens (tertiary/aromatic N) is 6. The summed E-state index contributed by atoms with van der Waals surface area (Å²) in [6.07, 6.45) is 6.61. The Morgan fingerprint density at radius 1 is 1.27 bits per heavy atom. The number of benzene rings is 1. The zero-order valence-corrected chi connectivity index (χ0v) is 17.7. The Labute approximate surface area is 178 Å². The molecule has 7 nitrogen and oxygen atoms in total. The Bertz CT molecular complexity index is 1570. The van der Waals surface area contributed by atoms with Crippen LogP contribution >= 0.6 is 22.7 Å². The summed E-state index contributed by atoms with van der Waals surface area (Å²) < 4.78 is 5.54. The average molecular weight is 433 g/mol. The molecule has 0 aliphatic carbocycles. The zero-order valence-electron chi connectivity index (χ0n) is 16.1. The lowest BCUT2D eigenvalue weighted by Crippen LogP contribution is -2.24. The van der Waals surface area contributed by atoms with Crippen LogP contribution in [0.4, 0.5) is 0 Å². The molecule has 5 heterocycles. The summed E-state index contributed by atoms with van der Waals surface area (Å²) in [6, 6.07) is 6.08. The van der Waals surface area contributed by atoms with Gasteiger partial charge in [0.15, 0.2) is 5.65 Å². The number of hydrogen-bond donors (Lipinski definition) is 0. The van der Waals surface area contributed by atoms with E-state index in [-0.39, 0.29) is 5.56 Å². The summed E-state index contributed by atoms with van der Waals surface area (Å²) in [4.78, 5) is 26.8. The standard InChI is InChI=1S/C21H16N6OS2/c1-26-18-14(19-20(26)25-17(30-19)8-13-3-2-6-22-13)9-24-27(21(18)28)10-12-4-5-16-15(7-12)23-11-29-16/h2-5,7,9,11H,6,8,10H2,1H3. The van der Waals surface area contributed by atoms with E-state index < -0.39 is 0 Å². The van der Waals surface area contributed by atoms with Crippen LogP contribution in [0.25, 0.3) is 31.5 Å². The molecule has 0 radical (unpaired) electrons. The van der Waals surface area contributed by atoms with Gasteiger partial charge >= 0.3 is 0 Å². The van der Waals surface area contributed by atoms with Crippen molar-refractivity contribution in [1.29, 1.82) is 0 Å². The third-order valence-corrected chi connectivity index (χ3v) is 7.23. The fourth-order valence-corrected chi connectivity index (χ4v) is 5.66. The Balaban J connectivity index is 1.41. The zero-order chi connectivity index (χ0) is 20.2. The Kier molecular flexibility index (Phi) is 3.93.